The lowest BCUT2D eigenvalue weighted by molar-refractivity contribution is -0.138. The van der Waals surface area contributed by atoms with E-state index < -0.39 is 0 Å². The fraction of sp³-hybridized carbons (Fsp3) is 0.375. The van der Waals surface area contributed by atoms with E-state index in [4.69, 9.17) is 0 Å². The molecular formula is C16H19NO2S. The number of carbonyl (C=O) groups is 2. The molecule has 0 unspecified atom stereocenters. The highest BCUT2D eigenvalue weighted by Gasteiger charge is 2.40. The van der Waals surface area contributed by atoms with Crippen LogP contribution in [0.2, 0.25) is 0 Å². The zero-order valence-electron chi connectivity index (χ0n) is 12.2. The van der Waals surface area contributed by atoms with Crippen LogP contribution in [0.1, 0.15) is 33.3 Å². The van der Waals surface area contributed by atoms with Crippen LogP contribution in [0.25, 0.3) is 5.57 Å². The van der Waals surface area contributed by atoms with Gasteiger partial charge in [0.05, 0.1) is 10.5 Å². The third kappa shape index (κ3) is 2.66. The van der Waals surface area contributed by atoms with Crippen molar-refractivity contribution in [2.24, 2.45) is 0 Å². The molecule has 2 amide bonds. The number of hydrogen-bond donors (Lipinski definition) is 0. The molecule has 0 radical (unpaired) electrons. The highest BCUT2D eigenvalue weighted by Crippen LogP contribution is 2.38. The van der Waals surface area contributed by atoms with Crippen molar-refractivity contribution in [2.45, 2.75) is 39.0 Å². The molecule has 1 aliphatic heterocycles. The van der Waals surface area contributed by atoms with Gasteiger partial charge in [-0.15, -0.1) is 11.8 Å². The summed E-state index contributed by atoms with van der Waals surface area (Å²) >= 11 is 1.47. The Kier molecular flexibility index (Phi) is 4.33. The van der Waals surface area contributed by atoms with Crippen LogP contribution in [0.4, 0.5) is 0 Å². The molecule has 1 aromatic rings. The lowest BCUT2D eigenvalue weighted by Crippen LogP contribution is -2.37. The van der Waals surface area contributed by atoms with Gasteiger partial charge in [-0.25, -0.2) is 0 Å². The Morgan fingerprint density at radius 2 is 1.55 bits per heavy atom. The lowest BCUT2D eigenvalue weighted by atomic mass is 10.1. The lowest BCUT2D eigenvalue weighted by Gasteiger charge is -2.19. The van der Waals surface area contributed by atoms with Crippen LogP contribution in [0, 0.1) is 0 Å². The number of imide groups is 1. The zero-order valence-corrected chi connectivity index (χ0v) is 13.0. The van der Waals surface area contributed by atoms with Gasteiger partial charge >= 0.3 is 0 Å². The van der Waals surface area contributed by atoms with Crippen molar-refractivity contribution in [3.05, 3.63) is 40.8 Å². The second-order valence-corrected chi connectivity index (χ2v) is 6.90. The SMILES string of the molecule is CC(C)SC1=C(c2ccccc2)C(=O)N(C(C)C)C1=O. The van der Waals surface area contributed by atoms with Crippen molar-refractivity contribution in [3.8, 4) is 0 Å². The molecule has 0 N–H and O–H groups in total. The Morgan fingerprint density at radius 1 is 0.950 bits per heavy atom. The average molecular weight is 289 g/mol. The van der Waals surface area contributed by atoms with Crippen LogP contribution >= 0.6 is 11.8 Å². The van der Waals surface area contributed by atoms with E-state index in [-0.39, 0.29) is 23.1 Å². The van der Waals surface area contributed by atoms with Gasteiger partial charge in [-0.05, 0) is 19.4 Å². The van der Waals surface area contributed by atoms with Crippen molar-refractivity contribution >= 4 is 29.1 Å². The van der Waals surface area contributed by atoms with Crippen molar-refractivity contribution < 1.29 is 9.59 Å². The number of amides is 2. The van der Waals surface area contributed by atoms with Crippen molar-refractivity contribution in [1.29, 1.82) is 0 Å². The van der Waals surface area contributed by atoms with Gasteiger partial charge in [-0.1, -0.05) is 44.2 Å². The van der Waals surface area contributed by atoms with Crippen molar-refractivity contribution in [2.75, 3.05) is 0 Å². The molecule has 0 aromatic heterocycles. The summed E-state index contributed by atoms with van der Waals surface area (Å²) in [5, 5.41) is 0.257. The molecule has 0 spiro atoms. The minimum absolute atomic E-state index is 0.126. The molecule has 2 rings (SSSR count). The van der Waals surface area contributed by atoms with Gasteiger partial charge < -0.3 is 0 Å². The van der Waals surface area contributed by atoms with Crippen LogP contribution in [-0.2, 0) is 9.59 Å². The summed E-state index contributed by atoms with van der Waals surface area (Å²) in [6.07, 6.45) is 0. The van der Waals surface area contributed by atoms with Crippen molar-refractivity contribution in [3.63, 3.8) is 0 Å². The Balaban J connectivity index is 2.53. The number of hydrogen-bond acceptors (Lipinski definition) is 3. The first-order valence-electron chi connectivity index (χ1n) is 6.77. The molecule has 0 saturated heterocycles. The summed E-state index contributed by atoms with van der Waals surface area (Å²) < 4.78 is 0. The van der Waals surface area contributed by atoms with Gasteiger partial charge in [-0.3, -0.25) is 14.5 Å². The molecule has 106 valence electrons. The molecule has 4 heteroatoms. The fourth-order valence-electron chi connectivity index (χ4n) is 2.20. The molecular weight excluding hydrogens is 270 g/mol. The molecule has 0 atom stereocenters. The van der Waals surface area contributed by atoms with Crippen LogP contribution in [-0.4, -0.2) is 28.0 Å². The summed E-state index contributed by atoms with van der Waals surface area (Å²) in [6, 6.07) is 9.31. The highest BCUT2D eigenvalue weighted by atomic mass is 32.2. The van der Waals surface area contributed by atoms with Crippen LogP contribution in [0.3, 0.4) is 0 Å². The molecule has 1 aromatic carbocycles. The van der Waals surface area contributed by atoms with Crippen molar-refractivity contribution in [1.82, 2.24) is 4.90 Å². The molecule has 1 heterocycles. The number of carbonyl (C=O) groups excluding carboxylic acids is 2. The van der Waals surface area contributed by atoms with E-state index >= 15 is 0 Å². The van der Waals surface area contributed by atoms with Gasteiger partial charge in [0.15, 0.2) is 0 Å². The largest absolute Gasteiger partial charge is 0.271 e. The molecule has 1 aliphatic rings. The number of nitrogens with zero attached hydrogens (tertiary/aromatic N) is 1. The Labute approximate surface area is 124 Å². The molecule has 20 heavy (non-hydrogen) atoms. The maximum absolute atomic E-state index is 12.6. The molecule has 3 nitrogen and oxygen atoms in total. The first-order chi connectivity index (χ1) is 9.43. The smallest absolute Gasteiger partial charge is 0.268 e. The summed E-state index contributed by atoms with van der Waals surface area (Å²) in [7, 11) is 0. The quantitative estimate of drug-likeness (QED) is 0.798. The number of rotatable bonds is 4. The predicted octanol–water partition coefficient (Wildman–Crippen LogP) is 3.32. The Bertz CT molecular complexity index is 561. The zero-order chi connectivity index (χ0) is 14.9. The fourth-order valence-corrected chi connectivity index (χ4v) is 3.19. The molecule has 0 aliphatic carbocycles. The minimum atomic E-state index is -0.181. The maximum Gasteiger partial charge on any atom is 0.268 e. The van der Waals surface area contributed by atoms with Crippen LogP contribution < -0.4 is 0 Å². The van der Waals surface area contributed by atoms with E-state index in [0.29, 0.717) is 10.5 Å². The molecule has 0 bridgehead atoms. The second-order valence-electron chi connectivity index (χ2n) is 5.31. The number of benzene rings is 1. The van der Waals surface area contributed by atoms with E-state index in [1.807, 2.05) is 58.0 Å². The predicted molar refractivity (Wildman–Crippen MR) is 83.1 cm³/mol. The molecule has 0 saturated carbocycles. The average Bonchev–Trinajstić information content (AvgIpc) is 2.61. The van der Waals surface area contributed by atoms with Gasteiger partial charge in [0.1, 0.15) is 0 Å². The maximum atomic E-state index is 12.6. The minimum Gasteiger partial charge on any atom is -0.271 e. The van der Waals surface area contributed by atoms with E-state index in [0.717, 1.165) is 5.56 Å². The first-order valence-corrected chi connectivity index (χ1v) is 7.65. The third-order valence-electron chi connectivity index (χ3n) is 3.01. The topological polar surface area (TPSA) is 37.4 Å². The monoisotopic (exact) mass is 289 g/mol. The molecule has 0 fully saturated rings. The van der Waals surface area contributed by atoms with E-state index in [1.54, 1.807) is 0 Å². The normalized spacial score (nSPS) is 16.0. The van der Waals surface area contributed by atoms with Crippen LogP contribution in [0.15, 0.2) is 35.2 Å². The summed E-state index contributed by atoms with van der Waals surface area (Å²) in [4.78, 5) is 27.0. The van der Waals surface area contributed by atoms with Crippen LogP contribution in [0.5, 0.6) is 0 Å². The second kappa shape index (κ2) is 5.83. The Hall–Kier alpha value is -1.55. The standard InChI is InChI=1S/C16H19NO2S/c1-10(2)17-15(18)13(12-8-6-5-7-9-12)14(16(17)19)20-11(3)4/h5-11H,1-4H3. The van der Waals surface area contributed by atoms with E-state index in [2.05, 4.69) is 0 Å². The highest BCUT2D eigenvalue weighted by molar-refractivity contribution is 8.04. The van der Waals surface area contributed by atoms with Gasteiger partial charge in [0.25, 0.3) is 11.8 Å². The number of thioether (sulfide) groups is 1. The summed E-state index contributed by atoms with van der Waals surface area (Å²) in [5.74, 6) is -0.345. The van der Waals surface area contributed by atoms with Gasteiger partial charge in [0.2, 0.25) is 0 Å². The Morgan fingerprint density at radius 3 is 2.05 bits per heavy atom. The summed E-state index contributed by atoms with van der Waals surface area (Å²) in [6.45, 7) is 7.77. The van der Waals surface area contributed by atoms with Gasteiger partial charge in [-0.2, -0.15) is 0 Å². The summed E-state index contributed by atoms with van der Waals surface area (Å²) in [5.41, 5.74) is 1.36. The first kappa shape index (κ1) is 14.9. The van der Waals surface area contributed by atoms with Gasteiger partial charge in [0, 0.05) is 11.3 Å². The van der Waals surface area contributed by atoms with E-state index in [9.17, 15) is 9.59 Å². The third-order valence-corrected chi connectivity index (χ3v) is 4.09. The van der Waals surface area contributed by atoms with E-state index in [1.165, 1.54) is 16.7 Å².